The van der Waals surface area contributed by atoms with Crippen LogP contribution in [-0.4, -0.2) is 40.8 Å². The van der Waals surface area contributed by atoms with Gasteiger partial charge in [0.05, 0.1) is 24.4 Å². The molecule has 3 aromatic heterocycles. The van der Waals surface area contributed by atoms with Gasteiger partial charge in [0.2, 0.25) is 0 Å². The second-order valence-electron chi connectivity index (χ2n) is 6.91. The van der Waals surface area contributed by atoms with Crippen molar-refractivity contribution >= 4 is 39.1 Å². The lowest BCUT2D eigenvalue weighted by molar-refractivity contribution is 0.122. The Labute approximate surface area is 161 Å². The maximum atomic E-state index is 14.3. The summed E-state index contributed by atoms with van der Waals surface area (Å²) in [7, 11) is 2.00. The number of hydrogen-bond donors (Lipinski definition) is 1. The number of hydrogen-bond acceptors (Lipinski definition) is 5. The summed E-state index contributed by atoms with van der Waals surface area (Å²) in [4.78, 5) is 11.0. The third-order valence-corrected chi connectivity index (χ3v) is 5.21. The molecule has 0 spiro atoms. The number of fused-ring (bicyclic) bond motifs is 3. The van der Waals surface area contributed by atoms with Crippen LogP contribution in [0.2, 0.25) is 0 Å². The van der Waals surface area contributed by atoms with Crippen LogP contribution in [0.4, 0.5) is 21.6 Å². The molecule has 0 unspecified atom stereocenters. The minimum Gasteiger partial charge on any atom is -0.378 e. The normalized spacial score (nSPS) is 14.7. The molecule has 0 aliphatic carbocycles. The van der Waals surface area contributed by atoms with E-state index in [9.17, 15) is 4.39 Å². The first kappa shape index (κ1) is 16.9. The van der Waals surface area contributed by atoms with Gasteiger partial charge in [0.1, 0.15) is 17.3 Å². The molecule has 0 bridgehead atoms. The SMILES string of the molecule is Cn1c2ccncc2c2ccc(Nc3ccc(F)c(N4CCOCC4)c3)nc21. The maximum absolute atomic E-state index is 14.3. The first-order valence-corrected chi connectivity index (χ1v) is 9.29. The highest BCUT2D eigenvalue weighted by Crippen LogP contribution is 2.29. The van der Waals surface area contributed by atoms with E-state index in [2.05, 4.69) is 14.9 Å². The summed E-state index contributed by atoms with van der Waals surface area (Å²) in [5, 5.41) is 5.45. The number of benzene rings is 1. The Morgan fingerprint density at radius 3 is 2.79 bits per heavy atom. The van der Waals surface area contributed by atoms with Gasteiger partial charge in [0.25, 0.3) is 0 Å². The van der Waals surface area contributed by atoms with E-state index in [1.807, 2.05) is 42.4 Å². The van der Waals surface area contributed by atoms with Crippen molar-refractivity contribution in [2.24, 2.45) is 7.05 Å². The van der Waals surface area contributed by atoms with Gasteiger partial charge in [0.15, 0.2) is 0 Å². The summed E-state index contributed by atoms with van der Waals surface area (Å²) in [5.41, 5.74) is 3.36. The molecule has 1 aromatic carbocycles. The Morgan fingerprint density at radius 1 is 1.07 bits per heavy atom. The van der Waals surface area contributed by atoms with Gasteiger partial charge in [-0.15, -0.1) is 0 Å². The van der Waals surface area contributed by atoms with Crippen molar-refractivity contribution in [3.63, 3.8) is 0 Å². The highest BCUT2D eigenvalue weighted by atomic mass is 19.1. The van der Waals surface area contributed by atoms with Crippen molar-refractivity contribution in [2.45, 2.75) is 0 Å². The number of nitrogens with zero attached hydrogens (tertiary/aromatic N) is 4. The molecular weight excluding hydrogens is 357 g/mol. The Balaban J connectivity index is 1.50. The Hall–Kier alpha value is -3.19. The van der Waals surface area contributed by atoms with Crippen LogP contribution in [-0.2, 0) is 11.8 Å². The molecule has 5 rings (SSSR count). The molecule has 4 heterocycles. The first-order valence-electron chi connectivity index (χ1n) is 9.29. The first-order chi connectivity index (χ1) is 13.7. The Morgan fingerprint density at radius 2 is 1.93 bits per heavy atom. The number of rotatable bonds is 3. The highest BCUT2D eigenvalue weighted by molar-refractivity contribution is 6.06. The summed E-state index contributed by atoms with van der Waals surface area (Å²) in [6.45, 7) is 2.61. The molecule has 1 fully saturated rings. The largest absolute Gasteiger partial charge is 0.378 e. The number of ether oxygens (including phenoxy) is 1. The average Bonchev–Trinajstić information content (AvgIpc) is 3.02. The minimum atomic E-state index is -0.225. The molecule has 7 heteroatoms. The molecule has 142 valence electrons. The van der Waals surface area contributed by atoms with E-state index in [-0.39, 0.29) is 5.82 Å². The predicted octanol–water partition coefficient (Wildman–Crippen LogP) is 3.84. The average molecular weight is 377 g/mol. The van der Waals surface area contributed by atoms with Gasteiger partial charge in [-0.3, -0.25) is 4.98 Å². The highest BCUT2D eigenvalue weighted by Gasteiger charge is 2.16. The zero-order chi connectivity index (χ0) is 19.1. The number of nitrogens with one attached hydrogen (secondary N) is 1. The molecule has 0 saturated carbocycles. The van der Waals surface area contributed by atoms with Crippen LogP contribution in [0.5, 0.6) is 0 Å². The standard InChI is InChI=1S/C21H20FN5O/c1-26-18-6-7-23-13-16(18)15-3-5-20(25-21(15)26)24-14-2-4-17(22)19(12-14)27-8-10-28-11-9-27/h2-7,12-13H,8-11H2,1H3,(H,24,25). The van der Waals surface area contributed by atoms with Crippen molar-refractivity contribution in [3.8, 4) is 0 Å². The van der Waals surface area contributed by atoms with E-state index < -0.39 is 0 Å². The fourth-order valence-corrected chi connectivity index (χ4v) is 3.77. The molecule has 0 amide bonds. The van der Waals surface area contributed by atoms with Crippen molar-refractivity contribution in [1.29, 1.82) is 0 Å². The van der Waals surface area contributed by atoms with E-state index in [1.165, 1.54) is 6.07 Å². The summed E-state index contributed by atoms with van der Waals surface area (Å²) in [5.74, 6) is 0.489. The van der Waals surface area contributed by atoms with Crippen LogP contribution in [0.15, 0.2) is 48.8 Å². The molecule has 1 saturated heterocycles. The fourth-order valence-electron chi connectivity index (χ4n) is 3.77. The lowest BCUT2D eigenvalue weighted by Crippen LogP contribution is -2.36. The van der Waals surface area contributed by atoms with Crippen molar-refractivity contribution < 1.29 is 9.13 Å². The van der Waals surface area contributed by atoms with Crippen LogP contribution < -0.4 is 10.2 Å². The predicted molar refractivity (Wildman–Crippen MR) is 109 cm³/mol. The van der Waals surface area contributed by atoms with E-state index in [0.717, 1.165) is 27.6 Å². The van der Waals surface area contributed by atoms with Crippen LogP contribution in [0.25, 0.3) is 21.9 Å². The quantitative estimate of drug-likeness (QED) is 0.588. The number of pyridine rings is 2. The summed E-state index contributed by atoms with van der Waals surface area (Å²) in [6.07, 6.45) is 3.65. The van der Waals surface area contributed by atoms with Gasteiger partial charge in [-0.25, -0.2) is 9.37 Å². The number of morpholine rings is 1. The van der Waals surface area contributed by atoms with Gasteiger partial charge in [-0.2, -0.15) is 0 Å². The lowest BCUT2D eigenvalue weighted by atomic mass is 10.2. The van der Waals surface area contributed by atoms with Gasteiger partial charge >= 0.3 is 0 Å². The third-order valence-electron chi connectivity index (χ3n) is 5.21. The van der Waals surface area contributed by atoms with Crippen molar-refractivity contribution in [1.82, 2.24) is 14.5 Å². The Kier molecular flexibility index (Phi) is 4.09. The molecule has 4 aromatic rings. The van der Waals surface area contributed by atoms with Gasteiger partial charge in [0, 0.05) is 49.0 Å². The van der Waals surface area contributed by atoms with Gasteiger partial charge in [-0.1, -0.05) is 0 Å². The molecule has 1 N–H and O–H groups in total. The monoisotopic (exact) mass is 377 g/mol. The minimum absolute atomic E-state index is 0.225. The van der Waals surface area contributed by atoms with E-state index >= 15 is 0 Å². The number of anilines is 3. The number of aromatic nitrogens is 3. The zero-order valence-electron chi connectivity index (χ0n) is 15.5. The molecular formula is C21H20FN5O. The number of aryl methyl sites for hydroxylation is 1. The van der Waals surface area contributed by atoms with Gasteiger partial charge in [-0.05, 0) is 36.4 Å². The molecule has 0 radical (unpaired) electrons. The van der Waals surface area contributed by atoms with Crippen molar-refractivity contribution in [2.75, 3.05) is 36.5 Å². The van der Waals surface area contributed by atoms with Crippen LogP contribution in [0.3, 0.4) is 0 Å². The summed E-state index contributed by atoms with van der Waals surface area (Å²) < 4.78 is 21.8. The summed E-state index contributed by atoms with van der Waals surface area (Å²) in [6, 6.07) is 11.0. The van der Waals surface area contributed by atoms with Crippen LogP contribution in [0, 0.1) is 5.82 Å². The molecule has 6 nitrogen and oxygen atoms in total. The molecule has 1 aliphatic rings. The smallest absolute Gasteiger partial charge is 0.146 e. The molecule has 1 aliphatic heterocycles. The second-order valence-corrected chi connectivity index (χ2v) is 6.91. The zero-order valence-corrected chi connectivity index (χ0v) is 15.5. The topological polar surface area (TPSA) is 55.2 Å². The number of halogens is 1. The van der Waals surface area contributed by atoms with E-state index in [0.29, 0.717) is 37.8 Å². The van der Waals surface area contributed by atoms with Crippen LogP contribution in [0.1, 0.15) is 0 Å². The lowest BCUT2D eigenvalue weighted by Gasteiger charge is -2.29. The Bertz CT molecular complexity index is 1170. The van der Waals surface area contributed by atoms with E-state index in [1.54, 1.807) is 12.3 Å². The molecule has 28 heavy (non-hydrogen) atoms. The third kappa shape index (κ3) is 2.84. The fraction of sp³-hybridized carbons (Fsp3) is 0.238. The summed E-state index contributed by atoms with van der Waals surface area (Å²) >= 11 is 0. The van der Waals surface area contributed by atoms with Crippen molar-refractivity contribution in [3.05, 3.63) is 54.6 Å². The molecule has 0 atom stereocenters. The van der Waals surface area contributed by atoms with E-state index in [4.69, 9.17) is 9.72 Å². The second kappa shape index (κ2) is 6.76. The van der Waals surface area contributed by atoms with Crippen LogP contribution >= 0.6 is 0 Å². The maximum Gasteiger partial charge on any atom is 0.146 e. The van der Waals surface area contributed by atoms with Gasteiger partial charge < -0.3 is 19.5 Å².